The van der Waals surface area contributed by atoms with Gasteiger partial charge in [-0.1, -0.05) is 0 Å². The summed E-state index contributed by atoms with van der Waals surface area (Å²) in [6, 6.07) is 5.92. The van der Waals surface area contributed by atoms with Gasteiger partial charge in [-0.15, -0.1) is 5.10 Å². The molecule has 1 aromatic rings. The number of hydrogen-bond donors (Lipinski definition) is 1. The molecular formula is C20H24N4O4S. The Morgan fingerprint density at radius 1 is 1.34 bits per heavy atom. The monoisotopic (exact) mass is 416 g/mol. The molecule has 9 heteroatoms. The molecule has 0 saturated carbocycles. The van der Waals surface area contributed by atoms with Gasteiger partial charge in [0.05, 0.1) is 24.8 Å². The molecule has 2 aliphatic heterocycles. The summed E-state index contributed by atoms with van der Waals surface area (Å²) in [5.74, 6) is -0.102. The van der Waals surface area contributed by atoms with Gasteiger partial charge in [-0.25, -0.2) is 4.79 Å². The van der Waals surface area contributed by atoms with Crippen LogP contribution >= 0.6 is 11.8 Å². The first kappa shape index (κ1) is 21.1. The van der Waals surface area contributed by atoms with Gasteiger partial charge >= 0.3 is 5.97 Å². The fourth-order valence-corrected chi connectivity index (χ4v) is 3.81. The van der Waals surface area contributed by atoms with E-state index in [4.69, 9.17) is 4.74 Å². The van der Waals surface area contributed by atoms with Crippen molar-refractivity contribution in [1.29, 1.82) is 0 Å². The zero-order valence-electron chi connectivity index (χ0n) is 16.5. The number of amides is 1. The molecule has 2 saturated heterocycles. The van der Waals surface area contributed by atoms with Crippen molar-refractivity contribution >= 4 is 35.0 Å². The predicted molar refractivity (Wildman–Crippen MR) is 113 cm³/mol. The third-order valence-corrected chi connectivity index (χ3v) is 5.33. The summed E-state index contributed by atoms with van der Waals surface area (Å²) < 4.78 is 10.3. The molecule has 3 rings (SSSR count). The molecule has 154 valence electrons. The summed E-state index contributed by atoms with van der Waals surface area (Å²) in [7, 11) is 1.25. The highest BCUT2D eigenvalue weighted by Gasteiger charge is 2.25. The quantitative estimate of drug-likeness (QED) is 0.317. The Morgan fingerprint density at radius 2 is 2.14 bits per heavy atom. The number of ether oxygens (including phenoxy) is 2. The minimum absolute atomic E-state index is 0.222. The van der Waals surface area contributed by atoms with Crippen molar-refractivity contribution in [3.63, 3.8) is 0 Å². The van der Waals surface area contributed by atoms with Crippen molar-refractivity contribution in [2.75, 3.05) is 26.8 Å². The summed E-state index contributed by atoms with van der Waals surface area (Å²) in [4.78, 5) is 25.7. The number of likely N-dealkylation sites (tertiary alicyclic amines) is 1. The molecule has 8 nitrogen and oxygen atoms in total. The van der Waals surface area contributed by atoms with E-state index in [1.165, 1.54) is 20.0 Å². The Labute approximate surface area is 174 Å². The molecule has 0 aliphatic carbocycles. The number of rotatable bonds is 7. The number of nitrogens with zero attached hydrogens (tertiary/aromatic N) is 3. The normalized spacial score (nSPS) is 20.0. The number of esters is 1. The van der Waals surface area contributed by atoms with Crippen LogP contribution < -0.4 is 10.1 Å². The summed E-state index contributed by atoms with van der Waals surface area (Å²) in [5, 5.41) is 11.0. The molecule has 2 fully saturated rings. The lowest BCUT2D eigenvalue weighted by molar-refractivity contribution is -0.135. The van der Waals surface area contributed by atoms with Gasteiger partial charge in [-0.05, 0) is 68.4 Å². The zero-order chi connectivity index (χ0) is 20.6. The third kappa shape index (κ3) is 5.91. The Morgan fingerprint density at radius 3 is 2.86 bits per heavy atom. The van der Waals surface area contributed by atoms with E-state index < -0.39 is 11.9 Å². The van der Waals surface area contributed by atoms with Crippen LogP contribution in [-0.2, 0) is 20.9 Å². The maximum atomic E-state index is 11.8. The van der Waals surface area contributed by atoms with Crippen LogP contribution in [0.2, 0.25) is 0 Å². The molecule has 0 radical (unpaired) electrons. The standard InChI is InChI=1S/C20H24N4O4S/c1-3-28-16-7-6-14(10-15(16)13-24-8-4-5-9-24)12-21-23-20-22-19(26)17(29-20)11-18(25)27-2/h6-7,10-12H,3-5,8-9,13H2,1-2H3,(H,22,23,26)/b17-11+,21-12?. The number of nitrogens with one attached hydrogen (secondary N) is 1. The first-order chi connectivity index (χ1) is 14.1. The highest BCUT2D eigenvalue weighted by Crippen LogP contribution is 2.25. The van der Waals surface area contributed by atoms with E-state index >= 15 is 0 Å². The van der Waals surface area contributed by atoms with E-state index in [0.29, 0.717) is 11.8 Å². The third-order valence-electron chi connectivity index (χ3n) is 4.43. The van der Waals surface area contributed by atoms with Gasteiger partial charge in [0.25, 0.3) is 5.91 Å². The highest BCUT2D eigenvalue weighted by atomic mass is 32.2. The van der Waals surface area contributed by atoms with Gasteiger partial charge in [0.15, 0.2) is 5.17 Å². The molecule has 0 unspecified atom stereocenters. The summed E-state index contributed by atoms with van der Waals surface area (Å²) >= 11 is 1.04. The van der Waals surface area contributed by atoms with E-state index in [-0.39, 0.29) is 4.91 Å². The summed E-state index contributed by atoms with van der Waals surface area (Å²) in [6.07, 6.45) is 5.23. The fraction of sp³-hybridized carbons (Fsp3) is 0.400. The second kappa shape index (κ2) is 10.2. The van der Waals surface area contributed by atoms with Gasteiger partial charge in [-0.3, -0.25) is 15.0 Å². The minimum Gasteiger partial charge on any atom is -0.494 e. The zero-order valence-corrected chi connectivity index (χ0v) is 17.3. The lowest BCUT2D eigenvalue weighted by Gasteiger charge is -2.18. The van der Waals surface area contributed by atoms with Crippen LogP contribution in [-0.4, -0.2) is 55.0 Å². The van der Waals surface area contributed by atoms with Crippen LogP contribution in [0.1, 0.15) is 30.9 Å². The lowest BCUT2D eigenvalue weighted by Crippen LogP contribution is -2.19. The number of carbonyl (C=O) groups is 2. The molecule has 1 N–H and O–H groups in total. The second-order valence-electron chi connectivity index (χ2n) is 6.52. The molecule has 0 bridgehead atoms. The number of hydrogen-bond acceptors (Lipinski definition) is 8. The Kier molecular flexibility index (Phi) is 7.42. The van der Waals surface area contributed by atoms with Gasteiger partial charge in [0.1, 0.15) is 5.75 Å². The molecule has 1 aromatic carbocycles. The van der Waals surface area contributed by atoms with Crippen LogP contribution in [0.15, 0.2) is 39.4 Å². The van der Waals surface area contributed by atoms with Crippen LogP contribution in [0.4, 0.5) is 0 Å². The number of carbonyl (C=O) groups excluding carboxylic acids is 2. The van der Waals surface area contributed by atoms with E-state index in [9.17, 15) is 9.59 Å². The van der Waals surface area contributed by atoms with Crippen LogP contribution in [0.5, 0.6) is 5.75 Å². The topological polar surface area (TPSA) is 92.6 Å². The number of thioether (sulfide) groups is 1. The lowest BCUT2D eigenvalue weighted by atomic mass is 10.1. The van der Waals surface area contributed by atoms with Crippen molar-refractivity contribution in [3.8, 4) is 5.75 Å². The first-order valence-electron chi connectivity index (χ1n) is 9.47. The highest BCUT2D eigenvalue weighted by molar-refractivity contribution is 8.18. The maximum Gasteiger partial charge on any atom is 0.331 e. The van der Waals surface area contributed by atoms with E-state index in [2.05, 4.69) is 31.2 Å². The predicted octanol–water partition coefficient (Wildman–Crippen LogP) is 2.29. The summed E-state index contributed by atoms with van der Waals surface area (Å²) in [6.45, 7) is 5.65. The maximum absolute atomic E-state index is 11.8. The molecule has 0 aromatic heterocycles. The fourth-order valence-electron chi connectivity index (χ4n) is 3.07. The van der Waals surface area contributed by atoms with Crippen molar-refractivity contribution in [2.24, 2.45) is 10.2 Å². The Balaban J connectivity index is 1.70. The van der Waals surface area contributed by atoms with Crippen molar-refractivity contribution < 1.29 is 19.1 Å². The molecule has 1 amide bonds. The van der Waals surface area contributed by atoms with Crippen molar-refractivity contribution in [1.82, 2.24) is 10.2 Å². The van der Waals surface area contributed by atoms with E-state index in [1.807, 2.05) is 19.1 Å². The molecule has 0 atom stereocenters. The average molecular weight is 417 g/mol. The molecule has 29 heavy (non-hydrogen) atoms. The molecule has 2 aliphatic rings. The summed E-state index contributed by atoms with van der Waals surface area (Å²) in [5.41, 5.74) is 2.02. The minimum atomic E-state index is -0.590. The number of amidine groups is 1. The van der Waals surface area contributed by atoms with Crippen LogP contribution in [0, 0.1) is 0 Å². The molecule has 0 spiro atoms. The number of methoxy groups -OCH3 is 1. The van der Waals surface area contributed by atoms with Crippen LogP contribution in [0.3, 0.4) is 0 Å². The molecule has 2 heterocycles. The van der Waals surface area contributed by atoms with Crippen molar-refractivity contribution in [3.05, 3.63) is 40.3 Å². The largest absolute Gasteiger partial charge is 0.494 e. The first-order valence-corrected chi connectivity index (χ1v) is 10.3. The SMILES string of the molecule is CCOc1ccc(C=N/N=C2/NC(=O)/C(=C\C(=O)OC)S2)cc1CN1CCCC1. The number of benzene rings is 1. The second-order valence-corrected chi connectivity index (χ2v) is 7.55. The van der Waals surface area contributed by atoms with Crippen molar-refractivity contribution in [2.45, 2.75) is 26.3 Å². The van der Waals surface area contributed by atoms with Crippen LogP contribution in [0.25, 0.3) is 0 Å². The van der Waals surface area contributed by atoms with Gasteiger partial charge < -0.3 is 9.47 Å². The molecular weight excluding hydrogens is 392 g/mol. The average Bonchev–Trinajstić information content (AvgIpc) is 3.34. The van der Waals surface area contributed by atoms with Gasteiger partial charge in [0, 0.05) is 18.2 Å². The van der Waals surface area contributed by atoms with Gasteiger partial charge in [-0.2, -0.15) is 5.10 Å². The Hall–Kier alpha value is -2.65. The van der Waals surface area contributed by atoms with Gasteiger partial charge in [0.2, 0.25) is 0 Å². The smallest absolute Gasteiger partial charge is 0.331 e. The van der Waals surface area contributed by atoms with E-state index in [1.54, 1.807) is 6.21 Å². The Bertz CT molecular complexity index is 860. The van der Waals surface area contributed by atoms with E-state index in [0.717, 1.165) is 54.3 Å².